The molecular weight excluding hydrogens is 360 g/mol. The van der Waals surface area contributed by atoms with Crippen LogP contribution in [0.4, 0.5) is 0 Å². The van der Waals surface area contributed by atoms with Crippen LogP contribution in [-0.2, 0) is 16.6 Å². The molecule has 0 saturated heterocycles. The van der Waals surface area contributed by atoms with Crippen LogP contribution in [0.1, 0.15) is 22.7 Å². The van der Waals surface area contributed by atoms with Crippen molar-refractivity contribution in [2.24, 2.45) is 0 Å². The molecule has 0 radical (unpaired) electrons. The minimum absolute atomic E-state index is 0.287. The predicted molar refractivity (Wildman–Crippen MR) is 96.1 cm³/mol. The molecule has 0 fully saturated rings. The van der Waals surface area contributed by atoms with Crippen LogP contribution in [0.2, 0.25) is 0 Å². The van der Waals surface area contributed by atoms with Crippen molar-refractivity contribution < 1.29 is 12.9 Å². The molecule has 25 heavy (non-hydrogen) atoms. The van der Waals surface area contributed by atoms with E-state index in [1.54, 1.807) is 19.1 Å². The molecule has 134 valence electrons. The zero-order valence-corrected chi connectivity index (χ0v) is 15.9. The SMILES string of the molecule is Cc1cc(C)n(CCCNS(=O)(=O)c2cc(-c3ccno3)sc2C)n1. The van der Waals surface area contributed by atoms with Crippen LogP contribution in [0.25, 0.3) is 10.6 Å². The lowest BCUT2D eigenvalue weighted by molar-refractivity contribution is 0.433. The Labute approximate surface area is 150 Å². The van der Waals surface area contributed by atoms with E-state index < -0.39 is 10.0 Å². The molecule has 7 nitrogen and oxygen atoms in total. The van der Waals surface area contributed by atoms with Crippen molar-refractivity contribution in [2.45, 2.75) is 38.6 Å². The lowest BCUT2D eigenvalue weighted by Gasteiger charge is -2.07. The summed E-state index contributed by atoms with van der Waals surface area (Å²) >= 11 is 1.37. The van der Waals surface area contributed by atoms with Crippen molar-refractivity contribution in [1.82, 2.24) is 19.7 Å². The highest BCUT2D eigenvalue weighted by Gasteiger charge is 2.21. The normalized spacial score (nSPS) is 12.0. The van der Waals surface area contributed by atoms with Gasteiger partial charge in [-0.2, -0.15) is 5.10 Å². The van der Waals surface area contributed by atoms with E-state index in [-0.39, 0.29) is 4.90 Å². The molecule has 9 heteroatoms. The second-order valence-electron chi connectivity index (χ2n) is 5.81. The fourth-order valence-corrected chi connectivity index (χ4v) is 5.23. The lowest BCUT2D eigenvalue weighted by atomic mass is 10.3. The summed E-state index contributed by atoms with van der Waals surface area (Å²) in [5.74, 6) is 0.569. The van der Waals surface area contributed by atoms with Crippen molar-refractivity contribution in [3.05, 3.63) is 40.7 Å². The predicted octanol–water partition coefficient (Wildman–Crippen LogP) is 2.89. The van der Waals surface area contributed by atoms with Crippen molar-refractivity contribution in [2.75, 3.05) is 6.54 Å². The molecule has 0 amide bonds. The highest BCUT2D eigenvalue weighted by atomic mass is 32.2. The Hall–Kier alpha value is -1.97. The standard InChI is InChI=1S/C16H20N4O3S2/c1-11-9-12(2)20(19-11)8-4-6-18-25(21,22)16-10-15(24-13(16)3)14-5-7-17-23-14/h5,7,9-10,18H,4,6,8H2,1-3H3. The van der Waals surface area contributed by atoms with Gasteiger partial charge in [-0.25, -0.2) is 13.1 Å². The average Bonchev–Trinajstić information content (AvgIpc) is 3.24. The lowest BCUT2D eigenvalue weighted by Crippen LogP contribution is -2.26. The Kier molecular flexibility index (Phi) is 5.07. The second kappa shape index (κ2) is 7.11. The van der Waals surface area contributed by atoms with Gasteiger partial charge in [0.15, 0.2) is 5.76 Å². The summed E-state index contributed by atoms with van der Waals surface area (Å²) < 4.78 is 34.7. The number of hydrogen-bond acceptors (Lipinski definition) is 6. The van der Waals surface area contributed by atoms with Crippen molar-refractivity contribution in [1.29, 1.82) is 0 Å². The fourth-order valence-electron chi connectivity index (χ4n) is 2.61. The van der Waals surface area contributed by atoms with Gasteiger partial charge in [-0.05, 0) is 39.3 Å². The smallest absolute Gasteiger partial charge is 0.241 e. The van der Waals surface area contributed by atoms with Gasteiger partial charge in [-0.1, -0.05) is 5.16 Å². The monoisotopic (exact) mass is 380 g/mol. The van der Waals surface area contributed by atoms with Crippen LogP contribution in [0.3, 0.4) is 0 Å². The van der Waals surface area contributed by atoms with Crippen molar-refractivity contribution in [3.8, 4) is 10.6 Å². The second-order valence-corrected chi connectivity index (χ2v) is 8.80. The summed E-state index contributed by atoms with van der Waals surface area (Å²) in [6.07, 6.45) is 2.20. The molecule has 3 aromatic heterocycles. The first kappa shape index (κ1) is 17.8. The quantitative estimate of drug-likeness (QED) is 0.637. The van der Waals surface area contributed by atoms with E-state index in [9.17, 15) is 8.42 Å². The molecule has 0 spiro atoms. The summed E-state index contributed by atoms with van der Waals surface area (Å²) in [4.78, 5) is 1.76. The van der Waals surface area contributed by atoms with Gasteiger partial charge < -0.3 is 4.52 Å². The molecule has 0 aliphatic rings. The number of sulfonamides is 1. The number of aromatic nitrogens is 3. The summed E-state index contributed by atoms with van der Waals surface area (Å²) in [5, 5.41) is 8.03. The summed E-state index contributed by atoms with van der Waals surface area (Å²) in [6, 6.07) is 5.34. The first-order valence-corrected chi connectivity index (χ1v) is 10.2. The minimum Gasteiger partial charge on any atom is -0.355 e. The summed E-state index contributed by atoms with van der Waals surface area (Å²) in [7, 11) is -3.55. The third-order valence-corrected chi connectivity index (χ3v) is 6.57. The van der Waals surface area contributed by atoms with Gasteiger partial charge in [0.05, 0.1) is 21.7 Å². The van der Waals surface area contributed by atoms with Gasteiger partial charge in [-0.3, -0.25) is 4.68 Å². The largest absolute Gasteiger partial charge is 0.355 e. The van der Waals surface area contributed by atoms with Crippen LogP contribution in [0, 0.1) is 20.8 Å². The topological polar surface area (TPSA) is 90.0 Å². The molecule has 3 heterocycles. The van der Waals surface area contributed by atoms with Gasteiger partial charge in [0.2, 0.25) is 10.0 Å². The molecule has 0 atom stereocenters. The highest BCUT2D eigenvalue weighted by molar-refractivity contribution is 7.89. The maximum atomic E-state index is 12.5. The molecule has 0 aliphatic heterocycles. The minimum atomic E-state index is -3.55. The fraction of sp³-hybridized carbons (Fsp3) is 0.375. The maximum absolute atomic E-state index is 12.5. The number of nitrogens with one attached hydrogen (secondary N) is 1. The van der Waals surface area contributed by atoms with Crippen LogP contribution in [0.15, 0.2) is 33.8 Å². The van der Waals surface area contributed by atoms with E-state index in [2.05, 4.69) is 15.0 Å². The Bertz CT molecular complexity index is 956. The highest BCUT2D eigenvalue weighted by Crippen LogP contribution is 2.33. The van der Waals surface area contributed by atoms with E-state index in [0.717, 1.165) is 21.1 Å². The van der Waals surface area contributed by atoms with E-state index in [1.165, 1.54) is 17.5 Å². The van der Waals surface area contributed by atoms with Gasteiger partial charge >= 0.3 is 0 Å². The number of aryl methyl sites for hydroxylation is 4. The van der Waals surface area contributed by atoms with E-state index >= 15 is 0 Å². The molecule has 0 aromatic carbocycles. The Balaban J connectivity index is 1.63. The van der Waals surface area contributed by atoms with E-state index in [4.69, 9.17) is 4.52 Å². The van der Waals surface area contributed by atoms with Crippen LogP contribution >= 0.6 is 11.3 Å². The summed E-state index contributed by atoms with van der Waals surface area (Å²) in [5.41, 5.74) is 2.04. The number of rotatable bonds is 7. The molecular formula is C16H20N4O3S2. The van der Waals surface area contributed by atoms with Crippen LogP contribution < -0.4 is 4.72 Å². The number of thiophene rings is 1. The molecule has 0 aliphatic carbocycles. The van der Waals surface area contributed by atoms with Crippen molar-refractivity contribution >= 4 is 21.4 Å². The summed E-state index contributed by atoms with van der Waals surface area (Å²) in [6.45, 7) is 6.75. The Morgan fingerprint density at radius 1 is 1.28 bits per heavy atom. The molecule has 1 N–H and O–H groups in total. The first-order valence-electron chi connectivity index (χ1n) is 7.89. The van der Waals surface area contributed by atoms with E-state index in [1.807, 2.05) is 24.6 Å². The average molecular weight is 380 g/mol. The third kappa shape index (κ3) is 4.00. The van der Waals surface area contributed by atoms with Crippen LogP contribution in [-0.4, -0.2) is 29.9 Å². The Morgan fingerprint density at radius 2 is 2.08 bits per heavy atom. The molecule has 0 unspecified atom stereocenters. The van der Waals surface area contributed by atoms with Gasteiger partial charge in [-0.15, -0.1) is 11.3 Å². The molecule has 0 saturated carbocycles. The van der Waals surface area contributed by atoms with Gasteiger partial charge in [0.1, 0.15) is 0 Å². The molecule has 0 bridgehead atoms. The van der Waals surface area contributed by atoms with E-state index in [0.29, 0.717) is 25.3 Å². The van der Waals surface area contributed by atoms with Gasteiger partial charge in [0.25, 0.3) is 0 Å². The Morgan fingerprint density at radius 3 is 2.72 bits per heavy atom. The van der Waals surface area contributed by atoms with Crippen molar-refractivity contribution in [3.63, 3.8) is 0 Å². The molecule has 3 rings (SSSR count). The molecule has 3 aromatic rings. The number of nitrogens with zero attached hydrogens (tertiary/aromatic N) is 3. The zero-order valence-electron chi connectivity index (χ0n) is 14.3. The van der Waals surface area contributed by atoms with Crippen LogP contribution in [0.5, 0.6) is 0 Å². The maximum Gasteiger partial charge on any atom is 0.241 e. The van der Waals surface area contributed by atoms with Gasteiger partial charge in [0, 0.05) is 29.7 Å². The third-order valence-electron chi connectivity index (χ3n) is 3.78. The number of hydrogen-bond donors (Lipinski definition) is 1. The zero-order chi connectivity index (χ0) is 18.0. The first-order chi connectivity index (χ1) is 11.9.